The predicted molar refractivity (Wildman–Crippen MR) is 101 cm³/mol. The third-order valence-corrected chi connectivity index (χ3v) is 5.08. The molecule has 0 saturated carbocycles. The number of aromatic amines is 1. The number of hydrogen-bond acceptors (Lipinski definition) is 4. The maximum absolute atomic E-state index is 5.50. The van der Waals surface area contributed by atoms with E-state index in [1.54, 1.807) is 6.20 Å². The molecule has 1 saturated heterocycles. The Kier molecular flexibility index (Phi) is 4.72. The molecule has 3 heterocycles. The Morgan fingerprint density at radius 1 is 1.08 bits per heavy atom. The third kappa shape index (κ3) is 3.55. The van der Waals surface area contributed by atoms with Crippen LogP contribution in [0.25, 0.3) is 11.4 Å². The summed E-state index contributed by atoms with van der Waals surface area (Å²) in [5.74, 6) is 0.889. The summed E-state index contributed by atoms with van der Waals surface area (Å²) >= 11 is 5.50. The van der Waals surface area contributed by atoms with E-state index in [9.17, 15) is 0 Å². The van der Waals surface area contributed by atoms with E-state index in [1.165, 1.54) is 5.56 Å². The van der Waals surface area contributed by atoms with Crippen LogP contribution >= 0.6 is 12.2 Å². The van der Waals surface area contributed by atoms with Crippen LogP contribution in [0.1, 0.15) is 24.4 Å². The molecule has 128 valence electrons. The van der Waals surface area contributed by atoms with Gasteiger partial charge in [0.15, 0.2) is 10.6 Å². The van der Waals surface area contributed by atoms with Crippen molar-refractivity contribution in [1.29, 1.82) is 0 Å². The van der Waals surface area contributed by atoms with Crippen molar-refractivity contribution >= 4 is 12.2 Å². The summed E-state index contributed by atoms with van der Waals surface area (Å²) < 4.78 is 2.87. The Bertz CT molecular complexity index is 864. The number of H-pyrrole nitrogens is 1. The molecule has 5 nitrogen and oxygen atoms in total. The van der Waals surface area contributed by atoms with Crippen LogP contribution in [-0.2, 0) is 6.54 Å². The minimum absolute atomic E-state index is 0.383. The minimum Gasteiger partial charge on any atom is -0.299 e. The molecule has 1 fully saturated rings. The first-order valence-corrected chi connectivity index (χ1v) is 9.05. The number of aromatic nitrogens is 4. The van der Waals surface area contributed by atoms with Gasteiger partial charge in [-0.2, -0.15) is 5.10 Å². The lowest BCUT2D eigenvalue weighted by molar-refractivity contribution is 0.179. The highest BCUT2D eigenvalue weighted by molar-refractivity contribution is 7.71. The van der Waals surface area contributed by atoms with E-state index in [4.69, 9.17) is 12.2 Å². The number of likely N-dealkylation sites (tertiary alicyclic amines) is 1. The van der Waals surface area contributed by atoms with Crippen molar-refractivity contribution in [2.45, 2.75) is 25.4 Å². The maximum atomic E-state index is 5.50. The van der Waals surface area contributed by atoms with Crippen LogP contribution in [0.2, 0.25) is 0 Å². The van der Waals surface area contributed by atoms with Crippen LogP contribution in [0.5, 0.6) is 0 Å². The predicted octanol–water partition coefficient (Wildman–Crippen LogP) is 3.84. The van der Waals surface area contributed by atoms with E-state index in [1.807, 2.05) is 18.3 Å². The quantitative estimate of drug-likeness (QED) is 0.726. The second-order valence-corrected chi connectivity index (χ2v) is 6.84. The van der Waals surface area contributed by atoms with Gasteiger partial charge < -0.3 is 0 Å². The zero-order chi connectivity index (χ0) is 17.1. The Morgan fingerprint density at radius 3 is 2.60 bits per heavy atom. The largest absolute Gasteiger partial charge is 0.299 e. The van der Waals surface area contributed by atoms with E-state index in [0.717, 1.165) is 43.9 Å². The molecular formula is C19H21N5S. The first kappa shape index (κ1) is 16.2. The maximum Gasteiger partial charge on any atom is 0.195 e. The Morgan fingerprint density at radius 2 is 1.88 bits per heavy atom. The van der Waals surface area contributed by atoms with Crippen LogP contribution < -0.4 is 0 Å². The summed E-state index contributed by atoms with van der Waals surface area (Å²) in [6.07, 6.45) is 5.77. The molecular weight excluding hydrogens is 330 g/mol. The molecule has 2 aromatic heterocycles. The fraction of sp³-hybridized carbons (Fsp3) is 0.316. The highest BCUT2D eigenvalue weighted by Crippen LogP contribution is 2.28. The van der Waals surface area contributed by atoms with Gasteiger partial charge >= 0.3 is 0 Å². The molecule has 3 aromatic rings. The van der Waals surface area contributed by atoms with Crippen LogP contribution in [0.4, 0.5) is 0 Å². The molecule has 1 aliphatic rings. The number of nitrogens with one attached hydrogen (secondary N) is 1. The first-order valence-electron chi connectivity index (χ1n) is 8.65. The minimum atomic E-state index is 0.383. The molecule has 0 atom stereocenters. The van der Waals surface area contributed by atoms with Gasteiger partial charge in [0.2, 0.25) is 0 Å². The van der Waals surface area contributed by atoms with Crippen molar-refractivity contribution in [3.63, 3.8) is 0 Å². The van der Waals surface area contributed by atoms with E-state index in [-0.39, 0.29) is 0 Å². The highest BCUT2D eigenvalue weighted by atomic mass is 32.1. The summed E-state index contributed by atoms with van der Waals surface area (Å²) in [6.45, 7) is 3.15. The zero-order valence-corrected chi connectivity index (χ0v) is 14.8. The van der Waals surface area contributed by atoms with Gasteiger partial charge in [0.1, 0.15) is 0 Å². The Hall–Kier alpha value is -2.31. The smallest absolute Gasteiger partial charge is 0.195 e. The molecule has 0 spiro atoms. The summed E-state index contributed by atoms with van der Waals surface area (Å²) in [5, 5.41) is 7.40. The lowest BCUT2D eigenvalue weighted by Crippen LogP contribution is -2.34. The van der Waals surface area contributed by atoms with Crippen molar-refractivity contribution in [3.8, 4) is 11.4 Å². The van der Waals surface area contributed by atoms with E-state index < -0.39 is 0 Å². The fourth-order valence-corrected chi connectivity index (χ4v) is 3.80. The number of benzene rings is 1. The number of pyridine rings is 1. The zero-order valence-electron chi connectivity index (χ0n) is 14.0. The van der Waals surface area contributed by atoms with Crippen molar-refractivity contribution in [1.82, 2.24) is 24.6 Å². The molecule has 0 unspecified atom stereocenters. The molecule has 4 rings (SSSR count). The van der Waals surface area contributed by atoms with Gasteiger partial charge in [0, 0.05) is 43.6 Å². The molecule has 25 heavy (non-hydrogen) atoms. The molecule has 1 N–H and O–H groups in total. The van der Waals surface area contributed by atoms with Gasteiger partial charge in [0.25, 0.3) is 0 Å². The summed E-state index contributed by atoms with van der Waals surface area (Å²) in [6, 6.07) is 15.0. The first-order chi connectivity index (χ1) is 12.3. The second-order valence-electron chi connectivity index (χ2n) is 6.46. The standard InChI is InChI=1S/C19H21N5S/c25-19-22-21-18(16-7-4-10-20-13-16)24(19)17-8-11-23(12-9-17)14-15-5-2-1-3-6-15/h1-7,10,13,17H,8-9,11-12,14H2,(H,22,25). The Balaban J connectivity index is 1.48. The van der Waals surface area contributed by atoms with Crippen LogP contribution in [0, 0.1) is 4.77 Å². The monoisotopic (exact) mass is 351 g/mol. The van der Waals surface area contributed by atoms with Gasteiger partial charge in [-0.1, -0.05) is 30.3 Å². The van der Waals surface area contributed by atoms with E-state index in [2.05, 4.69) is 55.0 Å². The summed E-state index contributed by atoms with van der Waals surface area (Å²) in [7, 11) is 0. The summed E-state index contributed by atoms with van der Waals surface area (Å²) in [5.41, 5.74) is 2.37. The average molecular weight is 351 g/mol. The van der Waals surface area contributed by atoms with Crippen molar-refractivity contribution in [2.75, 3.05) is 13.1 Å². The molecule has 0 aliphatic carbocycles. The Labute approximate surface area is 152 Å². The van der Waals surface area contributed by atoms with Gasteiger partial charge in [-0.3, -0.25) is 19.5 Å². The van der Waals surface area contributed by atoms with Crippen LogP contribution in [0.3, 0.4) is 0 Å². The van der Waals surface area contributed by atoms with Gasteiger partial charge in [-0.25, -0.2) is 0 Å². The SMILES string of the molecule is S=c1[nH]nc(-c2cccnc2)n1C1CCN(Cc2ccccc2)CC1. The van der Waals surface area contributed by atoms with Gasteiger partial charge in [-0.15, -0.1) is 0 Å². The molecule has 0 bridgehead atoms. The third-order valence-electron chi connectivity index (χ3n) is 4.80. The fourth-order valence-electron chi connectivity index (χ4n) is 3.52. The molecule has 6 heteroatoms. The van der Waals surface area contributed by atoms with Gasteiger partial charge in [0.05, 0.1) is 0 Å². The molecule has 0 amide bonds. The van der Waals surface area contributed by atoms with Gasteiger partial charge in [-0.05, 0) is 42.8 Å². The lowest BCUT2D eigenvalue weighted by Gasteiger charge is -2.33. The van der Waals surface area contributed by atoms with Crippen LogP contribution in [0.15, 0.2) is 54.9 Å². The molecule has 0 radical (unpaired) electrons. The van der Waals surface area contributed by atoms with Crippen molar-refractivity contribution < 1.29 is 0 Å². The van der Waals surface area contributed by atoms with E-state index >= 15 is 0 Å². The number of nitrogens with zero attached hydrogens (tertiary/aromatic N) is 4. The van der Waals surface area contributed by atoms with Crippen molar-refractivity contribution in [3.05, 3.63) is 65.2 Å². The van der Waals surface area contributed by atoms with E-state index in [0.29, 0.717) is 10.8 Å². The van der Waals surface area contributed by atoms with Crippen LogP contribution in [-0.4, -0.2) is 37.7 Å². The lowest BCUT2D eigenvalue weighted by atomic mass is 10.0. The topological polar surface area (TPSA) is 49.7 Å². The average Bonchev–Trinajstić information content (AvgIpc) is 3.05. The summed E-state index contributed by atoms with van der Waals surface area (Å²) in [4.78, 5) is 6.72. The second kappa shape index (κ2) is 7.29. The van der Waals surface area contributed by atoms with Crippen molar-refractivity contribution in [2.24, 2.45) is 0 Å². The number of hydrogen-bond donors (Lipinski definition) is 1. The number of rotatable bonds is 4. The molecule has 1 aromatic carbocycles. The highest BCUT2D eigenvalue weighted by Gasteiger charge is 2.24. The molecule has 1 aliphatic heterocycles. The number of piperidine rings is 1. The normalized spacial score (nSPS) is 16.2.